The molecule has 1 heterocycles. The number of halogens is 2. The maximum Gasteiger partial charge on any atom is 0.352 e. The minimum absolute atomic E-state index is 0.102. The van der Waals surface area contributed by atoms with Crippen molar-refractivity contribution in [2.75, 3.05) is 5.01 Å². The Morgan fingerprint density at radius 1 is 1.18 bits per heavy atom. The predicted octanol–water partition coefficient (Wildman–Crippen LogP) is 4.39. The van der Waals surface area contributed by atoms with Crippen LogP contribution in [0.15, 0.2) is 53.6 Å². The molecule has 1 atom stereocenters. The number of carboxylic acids is 1. The van der Waals surface area contributed by atoms with E-state index in [1.807, 2.05) is 30.3 Å². The lowest BCUT2D eigenvalue weighted by Crippen LogP contribution is -2.19. The number of carboxylic acid groups (broad SMARTS) is 1. The fourth-order valence-electron chi connectivity index (χ4n) is 2.46. The van der Waals surface area contributed by atoms with Gasteiger partial charge in [-0.25, -0.2) is 4.79 Å². The van der Waals surface area contributed by atoms with Gasteiger partial charge < -0.3 is 5.11 Å². The summed E-state index contributed by atoms with van der Waals surface area (Å²) in [5.41, 5.74) is 1.67. The van der Waals surface area contributed by atoms with E-state index < -0.39 is 5.97 Å². The highest BCUT2D eigenvalue weighted by Crippen LogP contribution is 2.39. The molecule has 0 aliphatic carbocycles. The Morgan fingerprint density at radius 2 is 1.91 bits per heavy atom. The minimum Gasteiger partial charge on any atom is -0.477 e. The lowest BCUT2D eigenvalue weighted by molar-refractivity contribution is -0.129. The standard InChI is InChI=1S/C16H12Cl2N2O2/c17-11-6-7-12(18)15(8-11)20-14(9-13(19-20)16(21)22)10-4-2-1-3-5-10/h1-8,14H,9H2,(H,21,22). The van der Waals surface area contributed by atoms with Crippen LogP contribution in [0.1, 0.15) is 18.0 Å². The SMILES string of the molecule is O=C(O)C1=NN(c2cc(Cl)ccc2Cl)C(c2ccccc2)C1. The first-order valence-electron chi connectivity index (χ1n) is 6.66. The highest BCUT2D eigenvalue weighted by Gasteiger charge is 2.33. The van der Waals surface area contributed by atoms with Gasteiger partial charge in [-0.05, 0) is 23.8 Å². The van der Waals surface area contributed by atoms with E-state index >= 15 is 0 Å². The van der Waals surface area contributed by atoms with Gasteiger partial charge in [0.2, 0.25) is 0 Å². The molecule has 1 unspecified atom stereocenters. The van der Waals surface area contributed by atoms with Crippen molar-refractivity contribution >= 4 is 40.6 Å². The molecule has 2 aromatic carbocycles. The Kier molecular flexibility index (Phi) is 4.05. The molecular weight excluding hydrogens is 323 g/mol. The van der Waals surface area contributed by atoms with E-state index in [2.05, 4.69) is 5.10 Å². The zero-order valence-electron chi connectivity index (χ0n) is 11.4. The van der Waals surface area contributed by atoms with Crippen LogP contribution in [-0.4, -0.2) is 16.8 Å². The third-order valence-electron chi connectivity index (χ3n) is 3.50. The third-order valence-corrected chi connectivity index (χ3v) is 4.05. The van der Waals surface area contributed by atoms with E-state index in [0.29, 0.717) is 22.2 Å². The second-order valence-corrected chi connectivity index (χ2v) is 5.77. The average molecular weight is 335 g/mol. The van der Waals surface area contributed by atoms with E-state index in [9.17, 15) is 9.90 Å². The Morgan fingerprint density at radius 3 is 2.59 bits per heavy atom. The summed E-state index contributed by atoms with van der Waals surface area (Å²) in [7, 11) is 0. The molecule has 6 heteroatoms. The highest BCUT2D eigenvalue weighted by atomic mass is 35.5. The molecule has 1 aliphatic heterocycles. The average Bonchev–Trinajstić information content (AvgIpc) is 2.96. The Balaban J connectivity index is 2.07. The number of hydrogen-bond donors (Lipinski definition) is 1. The quantitative estimate of drug-likeness (QED) is 0.905. The first-order chi connectivity index (χ1) is 10.6. The molecule has 0 fully saturated rings. The van der Waals surface area contributed by atoms with Crippen LogP contribution in [0.4, 0.5) is 5.69 Å². The van der Waals surface area contributed by atoms with Crippen LogP contribution in [0.2, 0.25) is 10.0 Å². The monoisotopic (exact) mass is 334 g/mol. The molecule has 0 saturated carbocycles. The fourth-order valence-corrected chi connectivity index (χ4v) is 2.83. The van der Waals surface area contributed by atoms with Crippen LogP contribution < -0.4 is 5.01 Å². The van der Waals surface area contributed by atoms with Crippen LogP contribution in [0, 0.1) is 0 Å². The predicted molar refractivity (Wildman–Crippen MR) is 87.8 cm³/mol. The number of carbonyl (C=O) groups is 1. The number of nitrogens with zero attached hydrogens (tertiary/aromatic N) is 2. The van der Waals surface area contributed by atoms with Crippen molar-refractivity contribution in [2.24, 2.45) is 5.10 Å². The second kappa shape index (κ2) is 5.99. The molecule has 0 amide bonds. The van der Waals surface area contributed by atoms with Gasteiger partial charge in [-0.15, -0.1) is 0 Å². The number of aliphatic carboxylic acids is 1. The molecule has 0 saturated heterocycles. The van der Waals surface area contributed by atoms with Gasteiger partial charge in [-0.1, -0.05) is 53.5 Å². The van der Waals surface area contributed by atoms with Crippen molar-refractivity contribution in [1.82, 2.24) is 0 Å². The minimum atomic E-state index is -1.03. The maximum absolute atomic E-state index is 11.3. The van der Waals surface area contributed by atoms with Gasteiger partial charge in [0.05, 0.1) is 16.8 Å². The van der Waals surface area contributed by atoms with Gasteiger partial charge in [0.1, 0.15) is 5.71 Å². The van der Waals surface area contributed by atoms with Crippen molar-refractivity contribution in [2.45, 2.75) is 12.5 Å². The van der Waals surface area contributed by atoms with Crippen molar-refractivity contribution in [1.29, 1.82) is 0 Å². The van der Waals surface area contributed by atoms with Crippen molar-refractivity contribution in [3.05, 3.63) is 64.1 Å². The molecule has 0 spiro atoms. The normalized spacial score (nSPS) is 17.5. The molecule has 22 heavy (non-hydrogen) atoms. The third kappa shape index (κ3) is 2.80. The maximum atomic E-state index is 11.3. The largest absolute Gasteiger partial charge is 0.477 e. The van der Waals surface area contributed by atoms with E-state index in [4.69, 9.17) is 23.2 Å². The number of hydrazone groups is 1. The molecule has 4 nitrogen and oxygen atoms in total. The van der Waals surface area contributed by atoms with Crippen LogP contribution in [0.5, 0.6) is 0 Å². The zero-order valence-corrected chi connectivity index (χ0v) is 12.9. The Hall–Kier alpha value is -2.04. The number of anilines is 1. The van der Waals surface area contributed by atoms with Crippen molar-refractivity contribution < 1.29 is 9.90 Å². The van der Waals surface area contributed by atoms with Gasteiger partial charge in [-0.2, -0.15) is 5.10 Å². The number of benzene rings is 2. The summed E-state index contributed by atoms with van der Waals surface area (Å²) in [6.45, 7) is 0. The van der Waals surface area contributed by atoms with Gasteiger partial charge in [0.15, 0.2) is 0 Å². The molecule has 2 aromatic rings. The van der Waals surface area contributed by atoms with E-state index in [1.54, 1.807) is 23.2 Å². The molecule has 0 bridgehead atoms. The van der Waals surface area contributed by atoms with Crippen molar-refractivity contribution in [3.63, 3.8) is 0 Å². The smallest absolute Gasteiger partial charge is 0.352 e. The lowest BCUT2D eigenvalue weighted by atomic mass is 10.0. The fraction of sp³-hybridized carbons (Fsp3) is 0.125. The molecule has 1 aliphatic rings. The number of hydrogen-bond acceptors (Lipinski definition) is 3. The van der Waals surface area contributed by atoms with Gasteiger partial charge in [-0.3, -0.25) is 5.01 Å². The van der Waals surface area contributed by atoms with Gasteiger partial charge in [0.25, 0.3) is 0 Å². The summed E-state index contributed by atoms with van der Waals surface area (Å²) < 4.78 is 0. The van der Waals surface area contributed by atoms with E-state index in [0.717, 1.165) is 5.56 Å². The van der Waals surface area contributed by atoms with E-state index in [-0.39, 0.29) is 11.8 Å². The Labute approximate surface area is 137 Å². The lowest BCUT2D eigenvalue weighted by Gasteiger charge is -2.25. The topological polar surface area (TPSA) is 52.9 Å². The molecule has 1 N–H and O–H groups in total. The summed E-state index contributed by atoms with van der Waals surface area (Å²) in [6, 6.07) is 14.4. The zero-order chi connectivity index (χ0) is 15.7. The summed E-state index contributed by atoms with van der Waals surface area (Å²) >= 11 is 12.3. The summed E-state index contributed by atoms with van der Waals surface area (Å²) in [4.78, 5) is 11.3. The van der Waals surface area contributed by atoms with E-state index in [1.165, 1.54) is 0 Å². The van der Waals surface area contributed by atoms with Crippen LogP contribution >= 0.6 is 23.2 Å². The molecule has 0 radical (unpaired) electrons. The van der Waals surface area contributed by atoms with Gasteiger partial charge >= 0.3 is 5.97 Å². The summed E-state index contributed by atoms with van der Waals surface area (Å²) in [5.74, 6) is -1.03. The highest BCUT2D eigenvalue weighted by molar-refractivity contribution is 6.37. The molecule has 0 aromatic heterocycles. The second-order valence-electron chi connectivity index (χ2n) is 4.92. The summed E-state index contributed by atoms with van der Waals surface area (Å²) in [6.07, 6.45) is 0.308. The first-order valence-corrected chi connectivity index (χ1v) is 7.42. The molecular formula is C16H12Cl2N2O2. The Bertz CT molecular complexity index is 747. The van der Waals surface area contributed by atoms with Crippen molar-refractivity contribution in [3.8, 4) is 0 Å². The van der Waals surface area contributed by atoms with Crippen LogP contribution in [0.3, 0.4) is 0 Å². The number of rotatable bonds is 3. The molecule has 112 valence electrons. The van der Waals surface area contributed by atoms with Crippen LogP contribution in [-0.2, 0) is 4.79 Å². The molecule has 3 rings (SSSR count). The van der Waals surface area contributed by atoms with Crippen LogP contribution in [0.25, 0.3) is 0 Å². The first kappa shape index (κ1) is 14.9. The summed E-state index contributed by atoms with van der Waals surface area (Å²) in [5, 5.41) is 16.1. The van der Waals surface area contributed by atoms with Gasteiger partial charge in [0, 0.05) is 11.4 Å².